The van der Waals surface area contributed by atoms with Crippen molar-refractivity contribution in [1.29, 1.82) is 0 Å². The van der Waals surface area contributed by atoms with Crippen LogP contribution in [0.25, 0.3) is 0 Å². The number of rotatable bonds is 4. The monoisotopic (exact) mass is 408 g/mol. The highest BCUT2D eigenvalue weighted by atomic mass is 35.5. The summed E-state index contributed by atoms with van der Waals surface area (Å²) in [6.07, 6.45) is 4.33. The number of aromatic carboxylic acids is 1. The highest BCUT2D eigenvalue weighted by Crippen LogP contribution is 2.51. The second-order valence-electron chi connectivity index (χ2n) is 8.79. The molecule has 28 heavy (non-hydrogen) atoms. The molecule has 4 rings (SSSR count). The van der Waals surface area contributed by atoms with Gasteiger partial charge in [0.2, 0.25) is 0 Å². The van der Waals surface area contributed by atoms with Crippen LogP contribution in [0.2, 0.25) is 5.02 Å². The predicted molar refractivity (Wildman–Crippen MR) is 108 cm³/mol. The number of likely N-dealkylation sites (N-methyl/N-ethyl adjacent to an activating group) is 1. The normalized spacial score (nSPS) is 30.5. The molecule has 1 atom stereocenters. The molecule has 1 aromatic carbocycles. The molecule has 1 saturated carbocycles. The summed E-state index contributed by atoms with van der Waals surface area (Å²) >= 11 is 6.31. The molecule has 1 saturated heterocycles. The fourth-order valence-corrected chi connectivity index (χ4v) is 5.05. The van der Waals surface area contributed by atoms with Crippen molar-refractivity contribution < 1.29 is 19.4 Å². The van der Waals surface area contributed by atoms with E-state index < -0.39 is 11.8 Å². The first kappa shape index (κ1) is 19.8. The van der Waals surface area contributed by atoms with E-state index in [1.54, 1.807) is 6.92 Å². The number of carboxylic acids is 1. The van der Waals surface area contributed by atoms with Gasteiger partial charge in [-0.1, -0.05) is 11.6 Å². The molecule has 3 aliphatic rings. The lowest BCUT2D eigenvalue weighted by Gasteiger charge is -2.49. The van der Waals surface area contributed by atoms with E-state index >= 15 is 0 Å². The Morgan fingerprint density at radius 2 is 1.82 bits per heavy atom. The van der Waals surface area contributed by atoms with Crippen molar-refractivity contribution >= 4 is 17.6 Å². The highest BCUT2D eigenvalue weighted by molar-refractivity contribution is 6.32. The third kappa shape index (κ3) is 3.25. The van der Waals surface area contributed by atoms with E-state index in [9.17, 15) is 9.90 Å². The van der Waals surface area contributed by atoms with Crippen LogP contribution in [0.5, 0.6) is 11.5 Å². The Morgan fingerprint density at radius 1 is 1.21 bits per heavy atom. The van der Waals surface area contributed by atoms with E-state index in [0.29, 0.717) is 34.2 Å². The summed E-state index contributed by atoms with van der Waals surface area (Å²) in [7, 11) is 4.30. The van der Waals surface area contributed by atoms with Crippen molar-refractivity contribution in [1.82, 2.24) is 9.80 Å². The maximum absolute atomic E-state index is 11.5. The van der Waals surface area contributed by atoms with Crippen LogP contribution in [0, 0.1) is 12.8 Å². The van der Waals surface area contributed by atoms with Crippen LogP contribution < -0.4 is 9.47 Å². The summed E-state index contributed by atoms with van der Waals surface area (Å²) in [5.41, 5.74) is 0.730. The van der Waals surface area contributed by atoms with E-state index in [-0.39, 0.29) is 11.5 Å². The maximum atomic E-state index is 11.5. The molecule has 1 N–H and O–H groups in total. The average molecular weight is 409 g/mol. The molecular weight excluding hydrogens is 380 g/mol. The predicted octanol–water partition coefficient (Wildman–Crippen LogP) is 3.64. The Kier molecular flexibility index (Phi) is 5.01. The number of ether oxygens (including phenoxy) is 2. The summed E-state index contributed by atoms with van der Waals surface area (Å²) in [6, 6.07) is 2.78. The van der Waals surface area contributed by atoms with E-state index in [1.165, 1.54) is 6.07 Å². The lowest BCUT2D eigenvalue weighted by atomic mass is 9.80. The lowest BCUT2D eigenvalue weighted by Crippen LogP contribution is -2.61. The third-order valence-electron chi connectivity index (χ3n) is 6.85. The number of halogens is 1. The number of fused-ring (bicyclic) bond motifs is 1. The molecule has 6 nitrogen and oxygen atoms in total. The minimum atomic E-state index is -1.01. The smallest absolute Gasteiger partial charge is 0.336 e. The van der Waals surface area contributed by atoms with Gasteiger partial charge in [-0.3, -0.25) is 4.90 Å². The number of likely N-dealkylation sites (tertiary alicyclic amines) is 1. The number of carbonyl (C=O) groups is 1. The largest absolute Gasteiger partial charge is 0.478 e. The molecule has 0 aromatic heterocycles. The van der Waals surface area contributed by atoms with Crippen molar-refractivity contribution in [2.24, 2.45) is 5.92 Å². The van der Waals surface area contributed by atoms with Gasteiger partial charge in [-0.15, -0.1) is 0 Å². The molecule has 2 fully saturated rings. The van der Waals surface area contributed by atoms with Crippen LogP contribution in [0.3, 0.4) is 0 Å². The second-order valence-corrected chi connectivity index (χ2v) is 9.20. The molecule has 0 amide bonds. The zero-order valence-corrected chi connectivity index (χ0v) is 17.8. The average Bonchev–Trinajstić information content (AvgIpc) is 2.97. The summed E-state index contributed by atoms with van der Waals surface area (Å²) in [5.74, 6) is -0.590. The first-order chi connectivity index (χ1) is 13.2. The quantitative estimate of drug-likeness (QED) is 0.820. The molecule has 0 spiro atoms. The summed E-state index contributed by atoms with van der Waals surface area (Å²) in [4.78, 5) is 16.4. The van der Waals surface area contributed by atoms with Crippen molar-refractivity contribution in [2.45, 2.75) is 57.4 Å². The lowest BCUT2D eigenvalue weighted by molar-refractivity contribution is -0.127. The number of nitrogens with zero attached hydrogens (tertiary/aromatic N) is 2. The van der Waals surface area contributed by atoms with Gasteiger partial charge in [0.05, 0.1) is 10.6 Å². The Balaban J connectivity index is 1.43. The number of hydrogen-bond acceptors (Lipinski definition) is 5. The Hall–Kier alpha value is -1.50. The Morgan fingerprint density at radius 3 is 2.39 bits per heavy atom. The molecule has 0 bridgehead atoms. The molecule has 1 aliphatic carbocycles. The van der Waals surface area contributed by atoms with Gasteiger partial charge in [0.15, 0.2) is 11.5 Å². The van der Waals surface area contributed by atoms with E-state index in [4.69, 9.17) is 21.1 Å². The first-order valence-electron chi connectivity index (χ1n) is 10.0. The number of carboxylic acid groups (broad SMARTS) is 1. The third-order valence-corrected chi connectivity index (χ3v) is 7.13. The summed E-state index contributed by atoms with van der Waals surface area (Å²) in [6.45, 7) is 6.02. The first-order valence-corrected chi connectivity index (χ1v) is 10.4. The van der Waals surface area contributed by atoms with Crippen molar-refractivity contribution in [3.05, 3.63) is 22.2 Å². The van der Waals surface area contributed by atoms with Crippen LogP contribution in [0.15, 0.2) is 6.07 Å². The van der Waals surface area contributed by atoms with Crippen molar-refractivity contribution in [2.75, 3.05) is 27.2 Å². The zero-order valence-electron chi connectivity index (χ0n) is 17.0. The zero-order chi connectivity index (χ0) is 20.2. The molecule has 154 valence electrons. The van der Waals surface area contributed by atoms with E-state index in [2.05, 4.69) is 23.9 Å². The number of benzene rings is 1. The van der Waals surface area contributed by atoms with Gasteiger partial charge >= 0.3 is 5.97 Å². The standard InChI is InChI=1S/C21H29ClN2O4/c1-12-16(20(25)26)9-17(22)19-18(12)27-21(2,28-19)13-5-7-14(8-6-13)24-10-15(11-24)23(3)4/h9,13-15H,5-8,10-11H2,1-4H3,(H,25,26). The van der Waals surface area contributed by atoms with Gasteiger partial charge in [0, 0.05) is 43.6 Å². The molecule has 0 radical (unpaired) electrons. The van der Waals surface area contributed by atoms with Gasteiger partial charge in [-0.25, -0.2) is 4.79 Å². The van der Waals surface area contributed by atoms with Crippen LogP contribution in [0.4, 0.5) is 0 Å². The molecule has 7 heteroatoms. The van der Waals surface area contributed by atoms with Crippen LogP contribution in [-0.4, -0.2) is 65.9 Å². The van der Waals surface area contributed by atoms with Gasteiger partial charge in [0.1, 0.15) is 0 Å². The fourth-order valence-electron chi connectivity index (χ4n) is 4.81. The maximum Gasteiger partial charge on any atom is 0.336 e. The Labute approximate surface area is 171 Å². The van der Waals surface area contributed by atoms with E-state index in [0.717, 1.165) is 38.8 Å². The molecular formula is C21H29ClN2O4. The minimum absolute atomic E-state index is 0.161. The van der Waals surface area contributed by atoms with Gasteiger partial charge in [-0.2, -0.15) is 0 Å². The van der Waals surface area contributed by atoms with Crippen molar-refractivity contribution in [3.8, 4) is 11.5 Å². The van der Waals surface area contributed by atoms with Crippen LogP contribution in [0.1, 0.15) is 48.5 Å². The van der Waals surface area contributed by atoms with Gasteiger partial charge in [-0.05, 0) is 52.8 Å². The molecule has 2 aliphatic heterocycles. The summed E-state index contributed by atoms with van der Waals surface area (Å²) in [5, 5.41) is 9.70. The molecule has 1 aromatic rings. The minimum Gasteiger partial charge on any atom is -0.478 e. The topological polar surface area (TPSA) is 62.2 Å². The summed E-state index contributed by atoms with van der Waals surface area (Å²) < 4.78 is 12.4. The van der Waals surface area contributed by atoms with Crippen molar-refractivity contribution in [3.63, 3.8) is 0 Å². The Bertz CT molecular complexity index is 785. The molecule has 2 heterocycles. The van der Waals surface area contributed by atoms with Gasteiger partial charge in [0.25, 0.3) is 5.79 Å². The fraction of sp³-hybridized carbons (Fsp3) is 0.667. The van der Waals surface area contributed by atoms with Crippen LogP contribution in [-0.2, 0) is 0 Å². The number of hydrogen-bond donors (Lipinski definition) is 1. The van der Waals surface area contributed by atoms with E-state index in [1.807, 2.05) is 6.92 Å². The molecule has 1 unspecified atom stereocenters. The second kappa shape index (κ2) is 7.08. The van der Waals surface area contributed by atoms with Gasteiger partial charge < -0.3 is 19.5 Å². The van der Waals surface area contributed by atoms with Crippen LogP contribution >= 0.6 is 11.6 Å². The SMILES string of the molecule is Cc1c(C(=O)O)cc(Cl)c2c1OC(C)(C1CCC(N3CC(N(C)C)C3)CC1)O2. The highest BCUT2D eigenvalue weighted by Gasteiger charge is 2.48.